The molecule has 0 aromatic rings. The third kappa shape index (κ3) is 5.35. The third-order valence-electron chi connectivity index (χ3n) is 3.49. The summed E-state index contributed by atoms with van der Waals surface area (Å²) in [6, 6.07) is 0. The molecule has 0 aromatic heterocycles. The Morgan fingerprint density at radius 3 is 2.76 bits per heavy atom. The molecule has 3 heteroatoms. The van der Waals surface area contributed by atoms with Crippen molar-refractivity contribution in [2.75, 3.05) is 13.2 Å². The maximum absolute atomic E-state index is 11.1. The highest BCUT2D eigenvalue weighted by Gasteiger charge is 2.20. The molecule has 0 saturated heterocycles. The van der Waals surface area contributed by atoms with Gasteiger partial charge < -0.3 is 9.84 Å². The van der Waals surface area contributed by atoms with E-state index < -0.39 is 0 Å². The van der Waals surface area contributed by atoms with Crippen LogP contribution in [0.2, 0.25) is 0 Å². The molecule has 17 heavy (non-hydrogen) atoms. The lowest BCUT2D eigenvalue weighted by atomic mass is 9.80. The Labute approximate surface area is 104 Å². The molecule has 2 unspecified atom stereocenters. The van der Waals surface area contributed by atoms with Crippen LogP contribution in [-0.4, -0.2) is 24.3 Å². The van der Waals surface area contributed by atoms with Crippen molar-refractivity contribution in [1.82, 2.24) is 0 Å². The van der Waals surface area contributed by atoms with Crippen LogP contribution in [0.25, 0.3) is 0 Å². The molecule has 1 N–H and O–H groups in total. The quantitative estimate of drug-likeness (QED) is 0.441. The fourth-order valence-corrected chi connectivity index (χ4v) is 2.49. The van der Waals surface area contributed by atoms with E-state index in [0.29, 0.717) is 30.6 Å². The van der Waals surface area contributed by atoms with Crippen LogP contribution >= 0.6 is 0 Å². The molecule has 2 atom stereocenters. The van der Waals surface area contributed by atoms with E-state index in [9.17, 15) is 4.79 Å². The van der Waals surface area contributed by atoms with Gasteiger partial charge in [-0.05, 0) is 44.4 Å². The van der Waals surface area contributed by atoms with Gasteiger partial charge in [0, 0.05) is 12.2 Å². The zero-order valence-electron chi connectivity index (χ0n) is 10.8. The first-order valence-electron chi connectivity index (χ1n) is 6.57. The minimum atomic E-state index is -0.290. The number of esters is 1. The van der Waals surface area contributed by atoms with Crippen LogP contribution in [0, 0.1) is 11.8 Å². The average molecular weight is 240 g/mol. The first kappa shape index (κ1) is 14.2. The summed E-state index contributed by atoms with van der Waals surface area (Å²) in [6.45, 7) is 6.02. The number of rotatable bonds is 6. The molecule has 1 aliphatic carbocycles. The zero-order valence-corrected chi connectivity index (χ0v) is 10.8. The number of carbonyl (C=O) groups excluding carboxylic acids is 1. The second kappa shape index (κ2) is 7.49. The smallest absolute Gasteiger partial charge is 0.333 e. The molecule has 0 radical (unpaired) electrons. The highest BCUT2D eigenvalue weighted by Crippen LogP contribution is 2.31. The van der Waals surface area contributed by atoms with Gasteiger partial charge in [-0.15, -0.1) is 0 Å². The Kier molecular flexibility index (Phi) is 6.27. The monoisotopic (exact) mass is 240 g/mol. The van der Waals surface area contributed by atoms with Crippen LogP contribution in [0.4, 0.5) is 0 Å². The van der Waals surface area contributed by atoms with E-state index in [1.54, 1.807) is 6.92 Å². The number of hydrogen-bond donors (Lipinski definition) is 1. The fraction of sp³-hybridized carbons (Fsp3) is 0.786. The lowest BCUT2D eigenvalue weighted by Gasteiger charge is -2.27. The Hall–Kier alpha value is -0.830. The van der Waals surface area contributed by atoms with Crippen molar-refractivity contribution in [2.45, 2.75) is 45.4 Å². The second-order valence-electron chi connectivity index (χ2n) is 5.14. The van der Waals surface area contributed by atoms with Gasteiger partial charge in [0.05, 0.1) is 6.61 Å². The molecule has 98 valence electrons. The van der Waals surface area contributed by atoms with Crippen molar-refractivity contribution in [3.05, 3.63) is 12.2 Å². The lowest BCUT2D eigenvalue weighted by molar-refractivity contribution is -0.139. The van der Waals surface area contributed by atoms with E-state index in [2.05, 4.69) is 6.58 Å². The first-order valence-corrected chi connectivity index (χ1v) is 6.57. The van der Waals surface area contributed by atoms with Crippen molar-refractivity contribution in [2.24, 2.45) is 11.8 Å². The third-order valence-corrected chi connectivity index (χ3v) is 3.49. The average Bonchev–Trinajstić information content (AvgIpc) is 2.34. The molecule has 3 nitrogen and oxygen atoms in total. The van der Waals surface area contributed by atoms with Crippen LogP contribution < -0.4 is 0 Å². The molecule has 0 aromatic carbocycles. The van der Waals surface area contributed by atoms with Gasteiger partial charge in [0.15, 0.2) is 0 Å². The molecule has 1 fully saturated rings. The van der Waals surface area contributed by atoms with E-state index in [1.807, 2.05) is 0 Å². The van der Waals surface area contributed by atoms with Gasteiger partial charge in [-0.25, -0.2) is 4.79 Å². The molecule has 0 aliphatic heterocycles. The summed E-state index contributed by atoms with van der Waals surface area (Å²) in [5.41, 5.74) is 0.461. The Bertz CT molecular complexity index is 260. The van der Waals surface area contributed by atoms with Gasteiger partial charge >= 0.3 is 5.97 Å². The van der Waals surface area contributed by atoms with Crippen molar-refractivity contribution in [1.29, 1.82) is 0 Å². The van der Waals surface area contributed by atoms with E-state index in [0.717, 1.165) is 25.7 Å². The summed E-state index contributed by atoms with van der Waals surface area (Å²) in [6.07, 6.45) is 6.79. The summed E-state index contributed by atoms with van der Waals surface area (Å²) in [4.78, 5) is 11.1. The number of ether oxygens (including phenoxy) is 1. The standard InChI is InChI=1S/C14H24O3/c1-11(2)14(16)17-8-4-7-12-5-3-6-13(9-12)10-15/h12-13,15H,1,3-10H2,2H3. The van der Waals surface area contributed by atoms with E-state index in [-0.39, 0.29) is 5.97 Å². The van der Waals surface area contributed by atoms with Crippen LogP contribution in [0.1, 0.15) is 45.4 Å². The topological polar surface area (TPSA) is 46.5 Å². The maximum Gasteiger partial charge on any atom is 0.333 e. The summed E-state index contributed by atoms with van der Waals surface area (Å²) in [5.74, 6) is 0.901. The number of hydrogen-bond acceptors (Lipinski definition) is 3. The zero-order chi connectivity index (χ0) is 12.7. The predicted octanol–water partition coefficient (Wildman–Crippen LogP) is 2.68. The van der Waals surface area contributed by atoms with Crippen molar-refractivity contribution in [3.8, 4) is 0 Å². The number of carbonyl (C=O) groups is 1. The van der Waals surface area contributed by atoms with E-state index in [4.69, 9.17) is 9.84 Å². The summed E-state index contributed by atoms with van der Waals surface area (Å²) < 4.78 is 5.06. The maximum atomic E-state index is 11.1. The largest absolute Gasteiger partial charge is 0.462 e. The highest BCUT2D eigenvalue weighted by molar-refractivity contribution is 5.86. The Morgan fingerprint density at radius 1 is 1.41 bits per heavy atom. The predicted molar refractivity (Wildman–Crippen MR) is 67.5 cm³/mol. The van der Waals surface area contributed by atoms with Gasteiger partial charge in [0.1, 0.15) is 0 Å². The molecule has 1 saturated carbocycles. The number of aliphatic hydroxyl groups is 1. The lowest BCUT2D eigenvalue weighted by Crippen LogP contribution is -2.19. The summed E-state index contributed by atoms with van der Waals surface area (Å²) in [7, 11) is 0. The molecule has 0 spiro atoms. The van der Waals surface area contributed by atoms with Crippen molar-refractivity contribution < 1.29 is 14.6 Å². The van der Waals surface area contributed by atoms with E-state index in [1.165, 1.54) is 12.8 Å². The summed E-state index contributed by atoms with van der Waals surface area (Å²) in [5, 5.41) is 9.14. The van der Waals surface area contributed by atoms with Crippen LogP contribution in [0.3, 0.4) is 0 Å². The molecular formula is C14H24O3. The van der Waals surface area contributed by atoms with Gasteiger partial charge in [-0.3, -0.25) is 0 Å². The minimum absolute atomic E-state index is 0.290. The van der Waals surface area contributed by atoms with Crippen molar-refractivity contribution in [3.63, 3.8) is 0 Å². The molecule has 0 bridgehead atoms. The molecule has 1 aliphatic rings. The Balaban J connectivity index is 2.10. The second-order valence-corrected chi connectivity index (χ2v) is 5.14. The molecular weight excluding hydrogens is 216 g/mol. The minimum Gasteiger partial charge on any atom is -0.462 e. The van der Waals surface area contributed by atoms with Crippen LogP contribution in [0.15, 0.2) is 12.2 Å². The summed E-state index contributed by atoms with van der Waals surface area (Å²) >= 11 is 0. The number of aliphatic hydroxyl groups excluding tert-OH is 1. The Morgan fingerprint density at radius 2 is 2.12 bits per heavy atom. The van der Waals surface area contributed by atoms with E-state index >= 15 is 0 Å². The fourth-order valence-electron chi connectivity index (χ4n) is 2.49. The highest BCUT2D eigenvalue weighted by atomic mass is 16.5. The SMILES string of the molecule is C=C(C)C(=O)OCCCC1CCCC(CO)C1. The van der Waals surface area contributed by atoms with Gasteiger partial charge in [-0.2, -0.15) is 0 Å². The van der Waals surface area contributed by atoms with Gasteiger partial charge in [0.25, 0.3) is 0 Å². The molecule has 1 rings (SSSR count). The van der Waals surface area contributed by atoms with Gasteiger partial charge in [-0.1, -0.05) is 19.4 Å². The molecule has 0 heterocycles. The van der Waals surface area contributed by atoms with Crippen molar-refractivity contribution >= 4 is 5.97 Å². The van der Waals surface area contributed by atoms with Gasteiger partial charge in [0.2, 0.25) is 0 Å². The first-order chi connectivity index (χ1) is 8.13. The van der Waals surface area contributed by atoms with Crippen LogP contribution in [-0.2, 0) is 9.53 Å². The van der Waals surface area contributed by atoms with Crippen LogP contribution in [0.5, 0.6) is 0 Å². The normalized spacial score (nSPS) is 24.4. The molecule has 0 amide bonds.